The molecule has 16 heavy (non-hydrogen) atoms. The number of carbonyl (C=O) groups excluding carboxylic acids is 1. The van der Waals surface area contributed by atoms with Gasteiger partial charge in [-0.2, -0.15) is 0 Å². The highest BCUT2D eigenvalue weighted by Crippen LogP contribution is 2.23. The van der Waals surface area contributed by atoms with E-state index in [1.165, 1.54) is 22.3 Å². The van der Waals surface area contributed by atoms with Crippen molar-refractivity contribution in [2.24, 2.45) is 5.73 Å². The summed E-state index contributed by atoms with van der Waals surface area (Å²) >= 11 is 0. The molecule has 0 saturated heterocycles. The summed E-state index contributed by atoms with van der Waals surface area (Å²) in [5, 5.41) is 0. The van der Waals surface area contributed by atoms with Crippen molar-refractivity contribution < 1.29 is 4.79 Å². The Labute approximate surface area is 97.9 Å². The molecular formula is C14H21NO. The molecule has 0 saturated carbocycles. The highest BCUT2D eigenvalue weighted by atomic mass is 16.1. The van der Waals surface area contributed by atoms with Crippen LogP contribution in [-0.4, -0.2) is 5.78 Å². The van der Waals surface area contributed by atoms with Gasteiger partial charge in [-0.15, -0.1) is 0 Å². The number of benzene rings is 1. The van der Waals surface area contributed by atoms with Gasteiger partial charge in [0, 0.05) is 12.5 Å². The van der Waals surface area contributed by atoms with Crippen LogP contribution in [0.1, 0.15) is 48.1 Å². The molecule has 0 aliphatic heterocycles. The number of Topliss-reactive ketones (excluding diaryl/α,β-unsaturated/α-hetero) is 1. The van der Waals surface area contributed by atoms with Gasteiger partial charge in [-0.05, 0) is 56.4 Å². The SMILES string of the molecule is CC(=O)CCC(N)c1cc(C)c(C)cc1C. The summed E-state index contributed by atoms with van der Waals surface area (Å²) in [5.41, 5.74) is 11.1. The molecule has 88 valence electrons. The second kappa shape index (κ2) is 5.26. The molecule has 0 heterocycles. The zero-order valence-corrected chi connectivity index (χ0v) is 10.6. The van der Waals surface area contributed by atoms with Gasteiger partial charge >= 0.3 is 0 Å². The molecule has 0 aromatic heterocycles. The highest BCUT2D eigenvalue weighted by Gasteiger charge is 2.11. The van der Waals surface area contributed by atoms with Crippen LogP contribution in [0.25, 0.3) is 0 Å². The molecular weight excluding hydrogens is 198 g/mol. The predicted octanol–water partition coefficient (Wildman–Crippen LogP) is 2.98. The molecule has 1 atom stereocenters. The van der Waals surface area contributed by atoms with Gasteiger partial charge in [-0.3, -0.25) is 0 Å². The third-order valence-electron chi connectivity index (χ3n) is 3.09. The first-order valence-electron chi connectivity index (χ1n) is 5.74. The van der Waals surface area contributed by atoms with Gasteiger partial charge in [0.15, 0.2) is 0 Å². The van der Waals surface area contributed by atoms with Crippen molar-refractivity contribution in [3.05, 3.63) is 34.4 Å². The van der Waals surface area contributed by atoms with E-state index in [4.69, 9.17) is 5.73 Å². The van der Waals surface area contributed by atoms with E-state index in [2.05, 4.69) is 32.9 Å². The van der Waals surface area contributed by atoms with E-state index < -0.39 is 0 Å². The Morgan fingerprint density at radius 2 is 1.75 bits per heavy atom. The van der Waals surface area contributed by atoms with E-state index in [0.29, 0.717) is 6.42 Å². The molecule has 0 radical (unpaired) electrons. The second-order valence-electron chi connectivity index (χ2n) is 4.64. The van der Waals surface area contributed by atoms with Gasteiger partial charge in [0.2, 0.25) is 0 Å². The van der Waals surface area contributed by atoms with Crippen molar-refractivity contribution in [3.63, 3.8) is 0 Å². The van der Waals surface area contributed by atoms with Gasteiger partial charge in [0.05, 0.1) is 0 Å². The minimum atomic E-state index is -0.0248. The maximum atomic E-state index is 10.9. The summed E-state index contributed by atoms with van der Waals surface area (Å²) in [6.07, 6.45) is 1.30. The lowest BCUT2D eigenvalue weighted by Gasteiger charge is -2.16. The predicted molar refractivity (Wildman–Crippen MR) is 67.5 cm³/mol. The number of rotatable bonds is 4. The van der Waals surface area contributed by atoms with Crippen molar-refractivity contribution in [3.8, 4) is 0 Å². The molecule has 0 aliphatic carbocycles. The van der Waals surface area contributed by atoms with Crippen LogP contribution in [0.15, 0.2) is 12.1 Å². The Kier molecular flexibility index (Phi) is 4.25. The minimum Gasteiger partial charge on any atom is -0.324 e. The maximum Gasteiger partial charge on any atom is 0.129 e. The third-order valence-corrected chi connectivity index (χ3v) is 3.09. The van der Waals surface area contributed by atoms with Crippen LogP contribution in [0, 0.1) is 20.8 Å². The second-order valence-corrected chi connectivity index (χ2v) is 4.64. The lowest BCUT2D eigenvalue weighted by Crippen LogP contribution is -2.13. The van der Waals surface area contributed by atoms with Crippen molar-refractivity contribution >= 4 is 5.78 Å². The van der Waals surface area contributed by atoms with Gasteiger partial charge in [0.25, 0.3) is 0 Å². The number of aryl methyl sites for hydroxylation is 3. The standard InChI is InChI=1S/C14H21NO/c1-9-7-11(3)13(8-10(9)2)14(15)6-5-12(4)16/h7-8,14H,5-6,15H2,1-4H3. The van der Waals surface area contributed by atoms with Crippen molar-refractivity contribution in [1.82, 2.24) is 0 Å². The number of ketones is 1. The van der Waals surface area contributed by atoms with E-state index in [0.717, 1.165) is 6.42 Å². The molecule has 1 aromatic carbocycles. The molecule has 2 N–H and O–H groups in total. The topological polar surface area (TPSA) is 43.1 Å². The Morgan fingerprint density at radius 1 is 1.19 bits per heavy atom. The quantitative estimate of drug-likeness (QED) is 0.846. The monoisotopic (exact) mass is 219 g/mol. The van der Waals surface area contributed by atoms with Crippen LogP contribution >= 0.6 is 0 Å². The Morgan fingerprint density at radius 3 is 2.31 bits per heavy atom. The summed E-state index contributed by atoms with van der Waals surface area (Å²) in [7, 11) is 0. The smallest absolute Gasteiger partial charge is 0.129 e. The number of hydrogen-bond acceptors (Lipinski definition) is 2. The Hall–Kier alpha value is -1.15. The third kappa shape index (κ3) is 3.17. The average Bonchev–Trinajstić information content (AvgIpc) is 2.20. The fourth-order valence-electron chi connectivity index (χ4n) is 1.90. The lowest BCUT2D eigenvalue weighted by molar-refractivity contribution is -0.117. The molecule has 0 aliphatic rings. The van der Waals surface area contributed by atoms with Crippen molar-refractivity contribution in [2.45, 2.75) is 46.6 Å². The van der Waals surface area contributed by atoms with E-state index in [1.54, 1.807) is 6.92 Å². The van der Waals surface area contributed by atoms with Crippen LogP contribution in [0.2, 0.25) is 0 Å². The lowest BCUT2D eigenvalue weighted by atomic mass is 9.93. The van der Waals surface area contributed by atoms with E-state index in [9.17, 15) is 4.79 Å². The van der Waals surface area contributed by atoms with E-state index in [-0.39, 0.29) is 11.8 Å². The molecule has 2 heteroatoms. The minimum absolute atomic E-state index is 0.0248. The summed E-state index contributed by atoms with van der Waals surface area (Å²) in [6, 6.07) is 4.29. The van der Waals surface area contributed by atoms with Crippen molar-refractivity contribution in [2.75, 3.05) is 0 Å². The molecule has 0 spiro atoms. The van der Waals surface area contributed by atoms with Gasteiger partial charge in [0.1, 0.15) is 5.78 Å². The van der Waals surface area contributed by atoms with Gasteiger partial charge < -0.3 is 10.5 Å². The fourth-order valence-corrected chi connectivity index (χ4v) is 1.90. The summed E-state index contributed by atoms with van der Waals surface area (Å²) < 4.78 is 0. The number of nitrogens with two attached hydrogens (primary N) is 1. The van der Waals surface area contributed by atoms with Crippen LogP contribution < -0.4 is 5.73 Å². The van der Waals surface area contributed by atoms with E-state index >= 15 is 0 Å². The van der Waals surface area contributed by atoms with Crippen molar-refractivity contribution in [1.29, 1.82) is 0 Å². The molecule has 1 aromatic rings. The molecule has 0 fully saturated rings. The summed E-state index contributed by atoms with van der Waals surface area (Å²) in [6.45, 7) is 7.89. The van der Waals surface area contributed by atoms with Crippen LogP contribution in [0.5, 0.6) is 0 Å². The summed E-state index contributed by atoms with van der Waals surface area (Å²) in [4.78, 5) is 10.9. The Bertz CT molecular complexity index is 396. The Balaban J connectivity index is 2.86. The molecule has 0 amide bonds. The van der Waals surface area contributed by atoms with Crippen LogP contribution in [0.3, 0.4) is 0 Å². The fraction of sp³-hybridized carbons (Fsp3) is 0.500. The average molecular weight is 219 g/mol. The molecule has 1 rings (SSSR count). The number of hydrogen-bond donors (Lipinski definition) is 1. The maximum absolute atomic E-state index is 10.9. The zero-order valence-electron chi connectivity index (χ0n) is 10.6. The molecule has 1 unspecified atom stereocenters. The highest BCUT2D eigenvalue weighted by molar-refractivity contribution is 5.75. The first-order valence-corrected chi connectivity index (χ1v) is 5.74. The largest absolute Gasteiger partial charge is 0.324 e. The first-order chi connectivity index (χ1) is 7.41. The molecule has 2 nitrogen and oxygen atoms in total. The molecule has 0 bridgehead atoms. The first kappa shape index (κ1) is 12.9. The normalized spacial score (nSPS) is 12.6. The zero-order chi connectivity index (χ0) is 12.3. The summed E-state index contributed by atoms with van der Waals surface area (Å²) in [5.74, 6) is 0.205. The van der Waals surface area contributed by atoms with Crippen LogP contribution in [-0.2, 0) is 4.79 Å². The van der Waals surface area contributed by atoms with E-state index in [1.807, 2.05) is 0 Å². The van der Waals surface area contributed by atoms with Crippen LogP contribution in [0.4, 0.5) is 0 Å². The van der Waals surface area contributed by atoms with Gasteiger partial charge in [-0.25, -0.2) is 0 Å². The van der Waals surface area contributed by atoms with Gasteiger partial charge in [-0.1, -0.05) is 12.1 Å². The number of carbonyl (C=O) groups is 1.